The number of fused-ring (bicyclic) bond motifs is 1. The number of benzene rings is 1. The molecule has 0 bridgehead atoms. The minimum Gasteiger partial charge on any atom is -0.481 e. The van der Waals surface area contributed by atoms with Crippen molar-refractivity contribution in [2.45, 2.75) is 64.2 Å². The fourth-order valence-electron chi connectivity index (χ4n) is 4.39. The first-order chi connectivity index (χ1) is 12.2. The largest absolute Gasteiger partial charge is 0.494 e. The van der Waals surface area contributed by atoms with Gasteiger partial charge in [0.05, 0.1) is 17.1 Å². The van der Waals surface area contributed by atoms with E-state index in [1.165, 1.54) is 11.1 Å². The lowest BCUT2D eigenvalue weighted by molar-refractivity contribution is -0.141. The molecule has 1 unspecified atom stereocenters. The molecule has 0 saturated carbocycles. The summed E-state index contributed by atoms with van der Waals surface area (Å²) in [5, 5.41) is 9.26. The molecule has 1 aromatic carbocycles. The Kier molecular flexibility index (Phi) is 4.21. The zero-order valence-corrected chi connectivity index (χ0v) is 16.1. The molecule has 2 heterocycles. The van der Waals surface area contributed by atoms with Gasteiger partial charge in [0.1, 0.15) is 0 Å². The number of carbonyl (C=O) groups is 1. The van der Waals surface area contributed by atoms with Gasteiger partial charge in [0.15, 0.2) is 0 Å². The maximum Gasteiger partial charge on any atom is 0.494 e. The van der Waals surface area contributed by atoms with Crippen LogP contribution in [0.1, 0.15) is 57.7 Å². The van der Waals surface area contributed by atoms with Gasteiger partial charge in [-0.2, -0.15) is 0 Å². The van der Waals surface area contributed by atoms with Gasteiger partial charge in [-0.25, -0.2) is 0 Å². The molecule has 5 nitrogen and oxygen atoms in total. The van der Waals surface area contributed by atoms with Gasteiger partial charge in [-0.3, -0.25) is 9.69 Å². The SMILES string of the molecule is CC1(C)OB(c2ccc3c(c2)CCC3N2CC[C@H](C(=O)O)C2)OC1(C)C. The molecule has 2 fully saturated rings. The van der Waals surface area contributed by atoms with E-state index in [0.29, 0.717) is 12.6 Å². The molecule has 1 N–H and O–H groups in total. The van der Waals surface area contributed by atoms with Gasteiger partial charge in [0, 0.05) is 12.6 Å². The standard InChI is InChI=1S/C20H28BNO4/c1-19(2)20(3,4)26-21(25-19)15-6-7-16-13(11-15)5-8-17(16)22-10-9-14(12-22)18(23)24/h6-7,11,14,17H,5,8-10,12H2,1-4H3,(H,23,24)/t14-,17?/m0/s1. The highest BCUT2D eigenvalue weighted by Gasteiger charge is 2.51. The molecule has 0 radical (unpaired) electrons. The maximum absolute atomic E-state index is 11.2. The molecule has 26 heavy (non-hydrogen) atoms. The summed E-state index contributed by atoms with van der Waals surface area (Å²) in [6, 6.07) is 6.88. The van der Waals surface area contributed by atoms with E-state index in [9.17, 15) is 9.90 Å². The van der Waals surface area contributed by atoms with Crippen molar-refractivity contribution >= 4 is 18.6 Å². The van der Waals surface area contributed by atoms with Crippen LogP contribution in [-0.2, 0) is 20.5 Å². The number of aliphatic carboxylic acids is 1. The minimum absolute atomic E-state index is 0.219. The van der Waals surface area contributed by atoms with Crippen molar-refractivity contribution in [2.75, 3.05) is 13.1 Å². The normalized spacial score (nSPS) is 29.9. The highest BCUT2D eigenvalue weighted by Crippen LogP contribution is 2.39. The Labute approximate surface area is 155 Å². The summed E-state index contributed by atoms with van der Waals surface area (Å²) in [7, 11) is -0.326. The Balaban J connectivity index is 1.52. The van der Waals surface area contributed by atoms with E-state index >= 15 is 0 Å². The number of likely N-dealkylation sites (tertiary alicyclic amines) is 1. The van der Waals surface area contributed by atoms with E-state index in [0.717, 1.165) is 31.3 Å². The Morgan fingerprint density at radius 2 is 1.88 bits per heavy atom. The first-order valence-electron chi connectivity index (χ1n) is 9.63. The molecule has 2 aliphatic heterocycles. The number of hydrogen-bond donors (Lipinski definition) is 1. The molecular weight excluding hydrogens is 329 g/mol. The van der Waals surface area contributed by atoms with Crippen LogP contribution in [0.4, 0.5) is 0 Å². The predicted molar refractivity (Wildman–Crippen MR) is 101 cm³/mol. The molecular formula is C20H28BNO4. The second kappa shape index (κ2) is 6.08. The lowest BCUT2D eigenvalue weighted by Crippen LogP contribution is -2.41. The number of hydrogen-bond acceptors (Lipinski definition) is 4. The summed E-state index contributed by atoms with van der Waals surface area (Å²) in [6.07, 6.45) is 2.85. The van der Waals surface area contributed by atoms with Gasteiger partial charge >= 0.3 is 13.1 Å². The third-order valence-electron chi connectivity index (χ3n) is 6.75. The van der Waals surface area contributed by atoms with Gasteiger partial charge in [-0.15, -0.1) is 0 Å². The van der Waals surface area contributed by atoms with Gasteiger partial charge in [0.2, 0.25) is 0 Å². The van der Waals surface area contributed by atoms with E-state index in [1.807, 2.05) is 0 Å². The molecule has 140 valence electrons. The van der Waals surface area contributed by atoms with Gasteiger partial charge in [-0.05, 0) is 70.1 Å². The molecule has 6 heteroatoms. The molecule has 1 aliphatic carbocycles. The van der Waals surface area contributed by atoms with Gasteiger partial charge in [-0.1, -0.05) is 18.2 Å². The average Bonchev–Trinajstić information content (AvgIpc) is 3.23. The van der Waals surface area contributed by atoms with Crippen LogP contribution < -0.4 is 5.46 Å². The first kappa shape index (κ1) is 18.0. The van der Waals surface area contributed by atoms with Crippen molar-refractivity contribution in [1.82, 2.24) is 4.90 Å². The average molecular weight is 357 g/mol. The van der Waals surface area contributed by atoms with E-state index in [4.69, 9.17) is 9.31 Å². The highest BCUT2D eigenvalue weighted by molar-refractivity contribution is 6.62. The van der Waals surface area contributed by atoms with Crippen molar-refractivity contribution in [3.8, 4) is 0 Å². The third kappa shape index (κ3) is 2.88. The van der Waals surface area contributed by atoms with Crippen molar-refractivity contribution < 1.29 is 19.2 Å². The van der Waals surface area contributed by atoms with Crippen molar-refractivity contribution in [1.29, 1.82) is 0 Å². The fraction of sp³-hybridized carbons (Fsp3) is 0.650. The van der Waals surface area contributed by atoms with Crippen LogP contribution in [0.5, 0.6) is 0 Å². The lowest BCUT2D eigenvalue weighted by atomic mass is 9.78. The number of carboxylic acid groups (broad SMARTS) is 1. The van der Waals surface area contributed by atoms with Crippen molar-refractivity contribution in [3.05, 3.63) is 29.3 Å². The van der Waals surface area contributed by atoms with Gasteiger partial charge < -0.3 is 14.4 Å². The minimum atomic E-state index is -0.665. The second-order valence-electron chi connectivity index (χ2n) is 8.92. The zero-order chi connectivity index (χ0) is 18.7. The van der Waals surface area contributed by atoms with E-state index in [-0.39, 0.29) is 24.2 Å². The van der Waals surface area contributed by atoms with Crippen LogP contribution in [0.3, 0.4) is 0 Å². The van der Waals surface area contributed by atoms with Crippen molar-refractivity contribution in [3.63, 3.8) is 0 Å². The molecule has 0 spiro atoms. The Morgan fingerprint density at radius 1 is 1.19 bits per heavy atom. The summed E-state index contributed by atoms with van der Waals surface area (Å²) < 4.78 is 12.4. The topological polar surface area (TPSA) is 59.0 Å². The van der Waals surface area contributed by atoms with Crippen LogP contribution in [0, 0.1) is 5.92 Å². The smallest absolute Gasteiger partial charge is 0.481 e. The molecule has 3 aliphatic rings. The number of nitrogens with zero attached hydrogens (tertiary/aromatic N) is 1. The molecule has 2 saturated heterocycles. The summed E-state index contributed by atoms with van der Waals surface area (Å²) in [5.41, 5.74) is 3.10. The molecule has 0 aromatic heterocycles. The van der Waals surface area contributed by atoms with E-state index in [1.54, 1.807) is 0 Å². The Hall–Kier alpha value is -1.37. The van der Waals surface area contributed by atoms with Crippen LogP contribution in [0.2, 0.25) is 0 Å². The zero-order valence-electron chi connectivity index (χ0n) is 16.1. The summed E-state index contributed by atoms with van der Waals surface area (Å²) >= 11 is 0. The van der Waals surface area contributed by atoms with E-state index < -0.39 is 5.97 Å². The lowest BCUT2D eigenvalue weighted by Gasteiger charge is -2.32. The predicted octanol–water partition coefficient (Wildman–Crippen LogP) is 2.38. The Bertz CT molecular complexity index is 717. The summed E-state index contributed by atoms with van der Waals surface area (Å²) in [4.78, 5) is 13.6. The number of carboxylic acids is 1. The number of aryl methyl sites for hydroxylation is 1. The molecule has 1 aromatic rings. The van der Waals surface area contributed by atoms with Gasteiger partial charge in [0.25, 0.3) is 0 Å². The maximum atomic E-state index is 11.2. The molecule has 0 amide bonds. The Morgan fingerprint density at radius 3 is 2.50 bits per heavy atom. The fourth-order valence-corrected chi connectivity index (χ4v) is 4.39. The summed E-state index contributed by atoms with van der Waals surface area (Å²) in [6.45, 7) is 9.83. The quantitative estimate of drug-likeness (QED) is 0.842. The second-order valence-corrected chi connectivity index (χ2v) is 8.92. The van der Waals surface area contributed by atoms with Crippen molar-refractivity contribution in [2.24, 2.45) is 5.92 Å². The van der Waals surface area contributed by atoms with Crippen LogP contribution in [0.25, 0.3) is 0 Å². The van der Waals surface area contributed by atoms with Crippen LogP contribution >= 0.6 is 0 Å². The first-order valence-corrected chi connectivity index (χ1v) is 9.63. The number of rotatable bonds is 3. The third-order valence-corrected chi connectivity index (χ3v) is 6.75. The highest BCUT2D eigenvalue weighted by atomic mass is 16.7. The van der Waals surface area contributed by atoms with Crippen LogP contribution in [-0.4, -0.2) is 47.4 Å². The van der Waals surface area contributed by atoms with Crippen LogP contribution in [0.15, 0.2) is 18.2 Å². The monoisotopic (exact) mass is 357 g/mol. The molecule has 4 rings (SSSR count). The molecule has 2 atom stereocenters. The van der Waals surface area contributed by atoms with E-state index in [2.05, 4.69) is 50.8 Å². The summed E-state index contributed by atoms with van der Waals surface area (Å²) in [5.74, 6) is -0.884.